The van der Waals surface area contributed by atoms with E-state index in [0.29, 0.717) is 13.1 Å². The number of nitrogens with zero attached hydrogens (tertiary/aromatic N) is 2. The minimum absolute atomic E-state index is 0.00691. The average molecular weight is 545 g/mol. The summed E-state index contributed by atoms with van der Waals surface area (Å²) in [5.41, 5.74) is 3.14. The van der Waals surface area contributed by atoms with Crippen molar-refractivity contribution in [2.24, 2.45) is 0 Å². The largest absolute Gasteiger partial charge is 0.467 e. The van der Waals surface area contributed by atoms with E-state index in [1.807, 2.05) is 35.2 Å². The number of alkyl carbamates (subject to hydrolysis) is 1. The molecule has 0 unspecified atom stereocenters. The van der Waals surface area contributed by atoms with Gasteiger partial charge in [-0.2, -0.15) is 0 Å². The minimum atomic E-state index is -1.16. The first-order chi connectivity index (χ1) is 19.0. The van der Waals surface area contributed by atoms with Gasteiger partial charge < -0.3 is 29.7 Å². The van der Waals surface area contributed by atoms with E-state index in [0.717, 1.165) is 55.7 Å². The second kappa shape index (κ2) is 16.7. The van der Waals surface area contributed by atoms with Gasteiger partial charge in [-0.25, -0.2) is 19.0 Å². The number of esters is 1. The van der Waals surface area contributed by atoms with Gasteiger partial charge in [-0.1, -0.05) is 36.4 Å². The Labute approximate surface area is 230 Å². The van der Waals surface area contributed by atoms with Gasteiger partial charge in [0.05, 0.1) is 13.7 Å². The number of fused-ring (bicyclic) bond motifs is 1. The maximum absolute atomic E-state index is 14.4. The lowest BCUT2D eigenvalue weighted by molar-refractivity contribution is -0.143. The molecule has 1 amide bonds. The van der Waals surface area contributed by atoms with Gasteiger partial charge in [0.15, 0.2) is 0 Å². The van der Waals surface area contributed by atoms with Crippen LogP contribution in [0.3, 0.4) is 0 Å². The molecule has 0 aliphatic carbocycles. The lowest BCUT2D eigenvalue weighted by Crippen LogP contribution is -2.45. The first-order valence-electron chi connectivity index (χ1n) is 13.6. The van der Waals surface area contributed by atoms with Crippen LogP contribution >= 0.6 is 0 Å². The Morgan fingerprint density at radius 3 is 2.72 bits per heavy atom. The maximum Gasteiger partial charge on any atom is 0.408 e. The molecular weight excluding hydrogens is 503 g/mol. The van der Waals surface area contributed by atoms with Crippen molar-refractivity contribution in [3.63, 3.8) is 0 Å². The Hall–Kier alpha value is -3.24. The third-order valence-corrected chi connectivity index (χ3v) is 6.64. The van der Waals surface area contributed by atoms with Crippen LogP contribution in [0.2, 0.25) is 0 Å². The Bertz CT molecular complexity index is 1030. The molecule has 1 aromatic heterocycles. The van der Waals surface area contributed by atoms with Gasteiger partial charge in [0.1, 0.15) is 24.6 Å². The normalized spacial score (nSPS) is 14.2. The molecule has 0 fully saturated rings. The van der Waals surface area contributed by atoms with Crippen LogP contribution in [0.1, 0.15) is 42.5 Å². The Kier molecular flexibility index (Phi) is 12.9. The molecule has 0 bridgehead atoms. The zero-order valence-electron chi connectivity index (χ0n) is 23.0. The molecule has 1 aliphatic heterocycles. The molecule has 9 nitrogen and oxygen atoms in total. The molecule has 2 N–H and O–H groups in total. The van der Waals surface area contributed by atoms with Gasteiger partial charge in [0.25, 0.3) is 0 Å². The molecular formula is C29H41FN4O5. The van der Waals surface area contributed by atoms with Crippen LogP contribution in [0.15, 0.2) is 42.5 Å². The number of alkyl halides is 1. The molecule has 10 heteroatoms. The van der Waals surface area contributed by atoms with Gasteiger partial charge in [-0.3, -0.25) is 0 Å². The van der Waals surface area contributed by atoms with Crippen molar-refractivity contribution in [3.05, 3.63) is 59.3 Å². The highest BCUT2D eigenvalue weighted by molar-refractivity contribution is 5.81. The SMILES string of the molecule is COC[C@@H](F)CN(CCCCc1ccc2c(n1)NCCC2)CC[C@H](NC(=O)OCc1ccccc1)C(=O)OC. The number of halogens is 1. The molecule has 0 radical (unpaired) electrons. The van der Waals surface area contributed by atoms with Gasteiger partial charge in [0, 0.05) is 32.4 Å². The van der Waals surface area contributed by atoms with Crippen LogP contribution in [-0.2, 0) is 38.5 Å². The molecule has 3 rings (SSSR count). The number of aromatic nitrogens is 1. The fourth-order valence-corrected chi connectivity index (χ4v) is 4.57. The highest BCUT2D eigenvalue weighted by Crippen LogP contribution is 2.20. The second-order valence-corrected chi connectivity index (χ2v) is 9.72. The standard InChI is InChI=1S/C29H41FN4O5/c1-37-21-24(30)19-34(17-7-6-12-25-14-13-23-11-8-16-31-27(23)32-25)18-15-26(28(35)38-2)33-29(36)39-20-22-9-4-3-5-10-22/h3-5,9-10,13-14,24,26H,6-8,11-12,15-21H2,1-2H3,(H,31,32)(H,33,36)/t24-,26-/m0/s1. The number of hydrogen-bond donors (Lipinski definition) is 2. The fraction of sp³-hybridized carbons (Fsp3) is 0.552. The predicted molar refractivity (Wildman–Crippen MR) is 147 cm³/mol. The summed E-state index contributed by atoms with van der Waals surface area (Å²) >= 11 is 0. The average Bonchev–Trinajstić information content (AvgIpc) is 2.96. The van der Waals surface area contributed by atoms with Crippen LogP contribution in [-0.4, -0.2) is 81.2 Å². The van der Waals surface area contributed by atoms with Crippen LogP contribution in [0.5, 0.6) is 0 Å². The smallest absolute Gasteiger partial charge is 0.408 e. The molecule has 2 heterocycles. The summed E-state index contributed by atoms with van der Waals surface area (Å²) in [6.07, 6.45) is 3.13. The summed E-state index contributed by atoms with van der Waals surface area (Å²) in [5, 5.41) is 5.96. The van der Waals surface area contributed by atoms with Gasteiger partial charge >= 0.3 is 12.1 Å². The molecule has 2 atom stereocenters. The summed E-state index contributed by atoms with van der Waals surface area (Å²) < 4.78 is 29.5. The highest BCUT2D eigenvalue weighted by Gasteiger charge is 2.24. The molecule has 39 heavy (non-hydrogen) atoms. The van der Waals surface area contributed by atoms with Crippen molar-refractivity contribution in [3.8, 4) is 0 Å². The van der Waals surface area contributed by atoms with Crippen molar-refractivity contribution in [1.82, 2.24) is 15.2 Å². The number of amides is 1. The maximum atomic E-state index is 14.4. The fourth-order valence-electron chi connectivity index (χ4n) is 4.57. The molecule has 0 saturated heterocycles. The number of methoxy groups -OCH3 is 2. The Morgan fingerprint density at radius 2 is 1.95 bits per heavy atom. The van der Waals surface area contributed by atoms with Gasteiger partial charge in [0.2, 0.25) is 0 Å². The number of hydrogen-bond acceptors (Lipinski definition) is 8. The van der Waals surface area contributed by atoms with Crippen LogP contribution in [0.4, 0.5) is 15.0 Å². The van der Waals surface area contributed by atoms with E-state index in [-0.39, 0.29) is 26.2 Å². The molecule has 214 valence electrons. The van der Waals surface area contributed by atoms with Crippen molar-refractivity contribution in [2.45, 2.75) is 57.3 Å². The minimum Gasteiger partial charge on any atom is -0.467 e. The third kappa shape index (κ3) is 10.8. The van der Waals surface area contributed by atoms with E-state index in [2.05, 4.69) is 22.8 Å². The van der Waals surface area contributed by atoms with Crippen LogP contribution in [0, 0.1) is 0 Å². The number of carbonyl (C=O) groups excluding carboxylic acids is 2. The van der Waals surface area contributed by atoms with E-state index in [1.165, 1.54) is 19.8 Å². The van der Waals surface area contributed by atoms with E-state index >= 15 is 0 Å². The topological polar surface area (TPSA) is 102 Å². The van der Waals surface area contributed by atoms with Crippen molar-refractivity contribution < 1.29 is 28.2 Å². The monoisotopic (exact) mass is 544 g/mol. The Balaban J connectivity index is 1.49. The van der Waals surface area contributed by atoms with Crippen LogP contribution < -0.4 is 10.6 Å². The second-order valence-electron chi connectivity index (χ2n) is 9.72. The summed E-state index contributed by atoms with van der Waals surface area (Å²) in [7, 11) is 2.74. The molecule has 0 saturated carbocycles. The summed E-state index contributed by atoms with van der Waals surface area (Å²) in [6.45, 7) is 2.23. The number of nitrogens with one attached hydrogen (secondary N) is 2. The number of unbranched alkanes of at least 4 members (excludes halogenated alkanes) is 1. The summed E-state index contributed by atoms with van der Waals surface area (Å²) in [4.78, 5) is 31.4. The van der Waals surface area contributed by atoms with E-state index in [1.54, 1.807) is 0 Å². The number of aryl methyl sites for hydroxylation is 2. The van der Waals surface area contributed by atoms with Crippen molar-refractivity contribution >= 4 is 17.9 Å². The summed E-state index contributed by atoms with van der Waals surface area (Å²) in [5.74, 6) is 0.413. The first-order valence-corrected chi connectivity index (χ1v) is 13.6. The number of pyridine rings is 1. The van der Waals surface area contributed by atoms with Crippen LogP contribution in [0.25, 0.3) is 0 Å². The van der Waals surface area contributed by atoms with E-state index in [9.17, 15) is 14.0 Å². The number of carbonyl (C=O) groups is 2. The summed E-state index contributed by atoms with van der Waals surface area (Å²) in [6, 6.07) is 12.6. The van der Waals surface area contributed by atoms with Crippen molar-refractivity contribution in [2.75, 3.05) is 52.3 Å². The zero-order valence-corrected chi connectivity index (χ0v) is 23.0. The molecule has 1 aromatic carbocycles. The number of benzene rings is 1. The molecule has 2 aromatic rings. The van der Waals surface area contributed by atoms with E-state index in [4.69, 9.17) is 19.2 Å². The molecule has 0 spiro atoms. The zero-order chi connectivity index (χ0) is 27.9. The van der Waals surface area contributed by atoms with Crippen molar-refractivity contribution in [1.29, 1.82) is 0 Å². The number of anilines is 1. The quantitative estimate of drug-likeness (QED) is 0.242. The van der Waals surface area contributed by atoms with Gasteiger partial charge in [-0.05, 0) is 62.3 Å². The number of rotatable bonds is 16. The Morgan fingerprint density at radius 1 is 1.13 bits per heavy atom. The van der Waals surface area contributed by atoms with E-state index < -0.39 is 24.3 Å². The molecule has 1 aliphatic rings. The predicted octanol–water partition coefficient (Wildman–Crippen LogP) is 3.91. The third-order valence-electron chi connectivity index (χ3n) is 6.64. The highest BCUT2D eigenvalue weighted by atomic mass is 19.1. The lowest BCUT2D eigenvalue weighted by Gasteiger charge is -2.26. The lowest BCUT2D eigenvalue weighted by atomic mass is 10.1. The van der Waals surface area contributed by atoms with Gasteiger partial charge in [-0.15, -0.1) is 0 Å². The number of ether oxygens (including phenoxy) is 3. The first kappa shape index (κ1) is 30.3.